The van der Waals surface area contributed by atoms with Gasteiger partial charge in [-0.3, -0.25) is 0 Å². The number of nitrogens with zero attached hydrogens (tertiary/aromatic N) is 1. The summed E-state index contributed by atoms with van der Waals surface area (Å²) in [6.07, 6.45) is 4.89. The second-order valence-electron chi connectivity index (χ2n) is 5.63. The van der Waals surface area contributed by atoms with Crippen molar-refractivity contribution >= 4 is 0 Å². The van der Waals surface area contributed by atoms with Crippen LogP contribution in [0.15, 0.2) is 12.1 Å². The fraction of sp³-hybridized carbons (Fsp3) is 0.625. The maximum absolute atomic E-state index is 5.58. The van der Waals surface area contributed by atoms with E-state index in [-0.39, 0.29) is 0 Å². The average molecular weight is 260 g/mol. The Balaban J connectivity index is 1.69. The van der Waals surface area contributed by atoms with E-state index in [1.54, 1.807) is 12.7 Å². The topological polar surface area (TPSA) is 24.5 Å². The third-order valence-electron chi connectivity index (χ3n) is 4.40. The number of aryl methyl sites for hydroxylation is 2. The number of hydrogen-bond donors (Lipinski definition) is 1. The molecule has 0 spiro atoms. The van der Waals surface area contributed by atoms with E-state index in [2.05, 4.69) is 22.3 Å². The third kappa shape index (κ3) is 2.93. The lowest BCUT2D eigenvalue weighted by Crippen LogP contribution is -2.44. The van der Waals surface area contributed by atoms with Crippen molar-refractivity contribution in [1.29, 1.82) is 0 Å². The van der Waals surface area contributed by atoms with Crippen LogP contribution in [0, 0.1) is 0 Å². The first-order valence-electron chi connectivity index (χ1n) is 7.48. The molecular weight excluding hydrogens is 236 g/mol. The molecule has 1 fully saturated rings. The maximum Gasteiger partial charge on any atom is 0.122 e. The van der Waals surface area contributed by atoms with Gasteiger partial charge in [0.2, 0.25) is 0 Å². The number of ether oxygens (including phenoxy) is 1. The van der Waals surface area contributed by atoms with Gasteiger partial charge in [-0.05, 0) is 48.4 Å². The van der Waals surface area contributed by atoms with Crippen LogP contribution in [0.2, 0.25) is 0 Å². The summed E-state index contributed by atoms with van der Waals surface area (Å²) in [6, 6.07) is 4.67. The molecule has 0 bridgehead atoms. The van der Waals surface area contributed by atoms with Crippen molar-refractivity contribution in [3.05, 3.63) is 28.8 Å². The van der Waals surface area contributed by atoms with Gasteiger partial charge in [-0.1, -0.05) is 6.07 Å². The second kappa shape index (κ2) is 5.93. The summed E-state index contributed by atoms with van der Waals surface area (Å²) >= 11 is 0. The van der Waals surface area contributed by atoms with Crippen LogP contribution in [0.4, 0.5) is 0 Å². The Hall–Kier alpha value is -1.06. The number of benzene rings is 1. The molecular formula is C16H24N2O. The summed E-state index contributed by atoms with van der Waals surface area (Å²) in [7, 11) is 1.80. The summed E-state index contributed by atoms with van der Waals surface area (Å²) in [5.74, 6) is 1.09. The van der Waals surface area contributed by atoms with E-state index in [9.17, 15) is 0 Å². The van der Waals surface area contributed by atoms with Crippen molar-refractivity contribution in [2.24, 2.45) is 0 Å². The van der Waals surface area contributed by atoms with E-state index in [0.717, 1.165) is 31.8 Å². The van der Waals surface area contributed by atoms with Crippen LogP contribution in [0.25, 0.3) is 0 Å². The van der Waals surface area contributed by atoms with Gasteiger partial charge in [0.1, 0.15) is 5.75 Å². The minimum Gasteiger partial charge on any atom is -0.496 e. The Bertz CT molecular complexity index is 439. The Morgan fingerprint density at radius 2 is 1.89 bits per heavy atom. The van der Waals surface area contributed by atoms with Crippen LogP contribution in [0.3, 0.4) is 0 Å². The molecule has 3 nitrogen and oxygen atoms in total. The van der Waals surface area contributed by atoms with Crippen LogP contribution < -0.4 is 10.1 Å². The van der Waals surface area contributed by atoms with E-state index in [0.29, 0.717) is 0 Å². The summed E-state index contributed by atoms with van der Waals surface area (Å²) < 4.78 is 5.58. The van der Waals surface area contributed by atoms with Gasteiger partial charge in [0.05, 0.1) is 7.11 Å². The molecule has 1 aromatic rings. The zero-order valence-corrected chi connectivity index (χ0v) is 11.9. The maximum atomic E-state index is 5.58. The van der Waals surface area contributed by atoms with Crippen LogP contribution in [0.5, 0.6) is 5.75 Å². The van der Waals surface area contributed by atoms with Crippen LogP contribution in [0.1, 0.15) is 23.1 Å². The lowest BCUT2D eigenvalue weighted by molar-refractivity contribution is 0.243. The van der Waals surface area contributed by atoms with Crippen molar-refractivity contribution in [2.75, 3.05) is 39.8 Å². The van der Waals surface area contributed by atoms with Gasteiger partial charge in [-0.25, -0.2) is 0 Å². The average Bonchev–Trinajstić information content (AvgIpc) is 2.92. The van der Waals surface area contributed by atoms with Gasteiger partial charge < -0.3 is 15.0 Å². The molecule has 2 aliphatic rings. The van der Waals surface area contributed by atoms with Crippen LogP contribution in [-0.4, -0.2) is 44.7 Å². The highest BCUT2D eigenvalue weighted by Crippen LogP contribution is 2.30. The zero-order chi connectivity index (χ0) is 13.1. The summed E-state index contributed by atoms with van der Waals surface area (Å²) in [5, 5.41) is 3.40. The fourth-order valence-corrected chi connectivity index (χ4v) is 3.25. The van der Waals surface area contributed by atoms with Gasteiger partial charge >= 0.3 is 0 Å². The Morgan fingerprint density at radius 1 is 1.16 bits per heavy atom. The quantitative estimate of drug-likeness (QED) is 0.890. The molecule has 0 aromatic heterocycles. The highest BCUT2D eigenvalue weighted by molar-refractivity contribution is 5.45. The third-order valence-corrected chi connectivity index (χ3v) is 4.40. The minimum absolute atomic E-state index is 1.09. The van der Waals surface area contributed by atoms with Gasteiger partial charge in [-0.15, -0.1) is 0 Å². The Labute approximate surface area is 115 Å². The standard InChI is InChI=1S/C16H24N2O/c1-19-16-12-14-4-2-3-13(14)11-15(16)5-8-18-9-6-17-7-10-18/h11-12,17H,2-10H2,1H3. The molecule has 19 heavy (non-hydrogen) atoms. The van der Waals surface area contributed by atoms with Gasteiger partial charge in [0.15, 0.2) is 0 Å². The fourth-order valence-electron chi connectivity index (χ4n) is 3.25. The smallest absolute Gasteiger partial charge is 0.122 e. The number of rotatable bonds is 4. The first-order valence-corrected chi connectivity index (χ1v) is 7.48. The molecule has 1 heterocycles. The number of fused-ring (bicyclic) bond motifs is 1. The van der Waals surface area contributed by atoms with Crippen molar-refractivity contribution in [1.82, 2.24) is 10.2 Å². The number of piperazine rings is 1. The van der Waals surface area contributed by atoms with E-state index in [1.807, 2.05) is 0 Å². The predicted octanol–water partition coefficient (Wildman–Crippen LogP) is 1.63. The van der Waals surface area contributed by atoms with E-state index < -0.39 is 0 Å². The highest BCUT2D eigenvalue weighted by Gasteiger charge is 2.16. The van der Waals surface area contributed by atoms with E-state index in [4.69, 9.17) is 4.74 Å². The molecule has 0 unspecified atom stereocenters. The largest absolute Gasteiger partial charge is 0.496 e. The molecule has 104 valence electrons. The normalized spacial score (nSPS) is 19.4. The highest BCUT2D eigenvalue weighted by atomic mass is 16.5. The SMILES string of the molecule is COc1cc2c(cc1CCN1CCNCC1)CCC2. The lowest BCUT2D eigenvalue weighted by atomic mass is 10.0. The Morgan fingerprint density at radius 3 is 2.63 bits per heavy atom. The zero-order valence-electron chi connectivity index (χ0n) is 11.9. The molecule has 0 saturated carbocycles. The molecule has 1 saturated heterocycles. The molecule has 0 atom stereocenters. The first kappa shape index (κ1) is 12.9. The van der Waals surface area contributed by atoms with Crippen LogP contribution in [-0.2, 0) is 19.3 Å². The number of methoxy groups -OCH3 is 1. The number of nitrogens with one attached hydrogen (secondary N) is 1. The molecule has 1 aliphatic heterocycles. The molecule has 1 aliphatic carbocycles. The van der Waals surface area contributed by atoms with Crippen molar-refractivity contribution < 1.29 is 4.74 Å². The molecule has 3 rings (SSSR count). The van der Waals surface area contributed by atoms with Gasteiger partial charge in [0.25, 0.3) is 0 Å². The first-order chi connectivity index (χ1) is 9.36. The van der Waals surface area contributed by atoms with E-state index in [1.165, 1.54) is 43.5 Å². The van der Waals surface area contributed by atoms with E-state index >= 15 is 0 Å². The molecule has 3 heteroatoms. The number of hydrogen-bond acceptors (Lipinski definition) is 3. The molecule has 1 aromatic carbocycles. The molecule has 0 amide bonds. The molecule has 0 radical (unpaired) electrons. The van der Waals surface area contributed by atoms with Crippen molar-refractivity contribution in [2.45, 2.75) is 25.7 Å². The summed E-state index contributed by atoms with van der Waals surface area (Å²) in [4.78, 5) is 2.54. The minimum atomic E-state index is 1.09. The summed E-state index contributed by atoms with van der Waals surface area (Å²) in [6.45, 7) is 5.75. The molecule has 1 N–H and O–H groups in total. The Kier molecular flexibility index (Phi) is 4.04. The second-order valence-corrected chi connectivity index (χ2v) is 5.63. The van der Waals surface area contributed by atoms with Crippen LogP contribution >= 0.6 is 0 Å². The summed E-state index contributed by atoms with van der Waals surface area (Å²) in [5.41, 5.74) is 4.44. The van der Waals surface area contributed by atoms with Gasteiger partial charge in [0, 0.05) is 32.7 Å². The van der Waals surface area contributed by atoms with Crippen molar-refractivity contribution in [3.63, 3.8) is 0 Å². The monoisotopic (exact) mass is 260 g/mol. The van der Waals surface area contributed by atoms with Crippen molar-refractivity contribution in [3.8, 4) is 5.75 Å². The van der Waals surface area contributed by atoms with Gasteiger partial charge in [-0.2, -0.15) is 0 Å². The lowest BCUT2D eigenvalue weighted by Gasteiger charge is -2.27. The predicted molar refractivity (Wildman–Crippen MR) is 78.0 cm³/mol.